The number of hydrogen-bond acceptors (Lipinski definition) is 5. The Bertz CT molecular complexity index is 463. The summed E-state index contributed by atoms with van der Waals surface area (Å²) >= 11 is 1.60. The molecule has 1 fully saturated rings. The molecule has 0 radical (unpaired) electrons. The van der Waals surface area contributed by atoms with E-state index in [1.54, 1.807) is 11.3 Å². The maximum absolute atomic E-state index is 11.8. The lowest BCUT2D eigenvalue weighted by Crippen LogP contribution is -2.46. The van der Waals surface area contributed by atoms with Gasteiger partial charge >= 0.3 is 0 Å². The van der Waals surface area contributed by atoms with Crippen LogP contribution in [0, 0.1) is 0 Å². The minimum Gasteiger partial charge on any atom is -0.314 e. The van der Waals surface area contributed by atoms with E-state index in [1.165, 1.54) is 0 Å². The zero-order chi connectivity index (χ0) is 13.6. The second-order valence-corrected chi connectivity index (χ2v) is 7.59. The number of nitrogens with one attached hydrogen (secondary N) is 2. The van der Waals surface area contributed by atoms with Crippen molar-refractivity contribution in [2.45, 2.75) is 6.42 Å². The molecular formula is C12H23Cl2N3O2S2. The van der Waals surface area contributed by atoms with E-state index in [0.717, 1.165) is 37.6 Å². The van der Waals surface area contributed by atoms with Gasteiger partial charge in [-0.15, -0.1) is 36.2 Å². The number of halogens is 2. The van der Waals surface area contributed by atoms with Gasteiger partial charge in [0.2, 0.25) is 10.0 Å². The second-order valence-electron chi connectivity index (χ2n) is 4.63. The first kappa shape index (κ1) is 21.1. The lowest BCUT2D eigenvalue weighted by Gasteiger charge is -2.27. The van der Waals surface area contributed by atoms with E-state index in [0.29, 0.717) is 13.0 Å². The summed E-state index contributed by atoms with van der Waals surface area (Å²) in [6.45, 7) is 5.27. The number of sulfonamides is 1. The molecule has 5 nitrogen and oxygen atoms in total. The van der Waals surface area contributed by atoms with Crippen LogP contribution in [-0.4, -0.2) is 58.3 Å². The van der Waals surface area contributed by atoms with Crippen LogP contribution in [0.1, 0.15) is 4.88 Å². The Morgan fingerprint density at radius 3 is 2.62 bits per heavy atom. The van der Waals surface area contributed by atoms with Gasteiger partial charge in [-0.2, -0.15) is 0 Å². The molecule has 0 aromatic carbocycles. The normalized spacial score (nSPS) is 16.0. The van der Waals surface area contributed by atoms with Crippen LogP contribution in [-0.2, 0) is 16.4 Å². The molecule has 2 heterocycles. The zero-order valence-electron chi connectivity index (χ0n) is 11.8. The quantitative estimate of drug-likeness (QED) is 0.744. The van der Waals surface area contributed by atoms with Gasteiger partial charge in [-0.1, -0.05) is 6.07 Å². The van der Waals surface area contributed by atoms with Crippen LogP contribution in [0.4, 0.5) is 0 Å². The smallest absolute Gasteiger partial charge is 0.211 e. The predicted molar refractivity (Wildman–Crippen MR) is 93.6 cm³/mol. The second kappa shape index (κ2) is 10.8. The minimum absolute atomic E-state index is 0. The van der Waals surface area contributed by atoms with Crippen molar-refractivity contribution in [2.24, 2.45) is 0 Å². The Hall–Kier alpha value is 0.110. The number of piperazine rings is 1. The monoisotopic (exact) mass is 375 g/mol. The predicted octanol–water partition coefficient (Wildman–Crippen LogP) is 0.959. The van der Waals surface area contributed by atoms with Crippen LogP contribution >= 0.6 is 36.2 Å². The summed E-state index contributed by atoms with van der Waals surface area (Å²) in [5.41, 5.74) is 0. The van der Waals surface area contributed by atoms with Crippen LogP contribution in [0.3, 0.4) is 0 Å². The van der Waals surface area contributed by atoms with Gasteiger partial charge in [0, 0.05) is 44.1 Å². The van der Waals surface area contributed by atoms with Crippen LogP contribution in [0.5, 0.6) is 0 Å². The third-order valence-electron chi connectivity index (χ3n) is 3.16. The van der Waals surface area contributed by atoms with E-state index in [9.17, 15) is 8.42 Å². The van der Waals surface area contributed by atoms with Crippen molar-refractivity contribution in [1.82, 2.24) is 14.9 Å². The third-order valence-corrected chi connectivity index (χ3v) is 5.48. The highest BCUT2D eigenvalue weighted by molar-refractivity contribution is 7.89. The summed E-state index contributed by atoms with van der Waals surface area (Å²) in [6, 6.07) is 3.92. The highest BCUT2D eigenvalue weighted by Crippen LogP contribution is 2.09. The molecule has 0 atom stereocenters. The Morgan fingerprint density at radius 2 is 2.00 bits per heavy atom. The Labute approximate surface area is 143 Å². The number of thiophene rings is 1. The molecule has 1 aliphatic rings. The lowest BCUT2D eigenvalue weighted by atomic mass is 10.3. The molecule has 1 aromatic heterocycles. The van der Waals surface area contributed by atoms with Gasteiger partial charge in [0.25, 0.3) is 0 Å². The van der Waals surface area contributed by atoms with Gasteiger partial charge < -0.3 is 5.32 Å². The number of hydrogen-bond donors (Lipinski definition) is 2. The third kappa shape index (κ3) is 8.35. The fourth-order valence-corrected chi connectivity index (χ4v) is 3.93. The Kier molecular flexibility index (Phi) is 10.8. The van der Waals surface area contributed by atoms with Gasteiger partial charge in [-0.25, -0.2) is 13.1 Å². The van der Waals surface area contributed by atoms with E-state index in [4.69, 9.17) is 0 Å². The number of aryl methyl sites for hydroxylation is 1. The highest BCUT2D eigenvalue weighted by Gasteiger charge is 2.13. The van der Waals surface area contributed by atoms with E-state index >= 15 is 0 Å². The van der Waals surface area contributed by atoms with E-state index < -0.39 is 10.0 Å². The van der Waals surface area contributed by atoms with Crippen molar-refractivity contribution in [3.63, 3.8) is 0 Å². The van der Waals surface area contributed by atoms with Crippen LogP contribution in [0.2, 0.25) is 0 Å². The molecule has 1 aromatic rings. The SMILES string of the molecule is Cl.Cl.O=S(=O)(CCc1cccs1)NCCN1CCNCC1. The maximum Gasteiger partial charge on any atom is 0.211 e. The average molecular weight is 376 g/mol. The minimum atomic E-state index is -3.14. The molecule has 1 aliphatic heterocycles. The van der Waals surface area contributed by atoms with Crippen molar-refractivity contribution < 1.29 is 8.42 Å². The molecule has 2 rings (SSSR count). The maximum atomic E-state index is 11.8. The van der Waals surface area contributed by atoms with Crippen molar-refractivity contribution in [2.75, 3.05) is 45.0 Å². The van der Waals surface area contributed by atoms with Gasteiger partial charge in [0.15, 0.2) is 0 Å². The van der Waals surface area contributed by atoms with Crippen molar-refractivity contribution in [1.29, 1.82) is 0 Å². The molecule has 9 heteroatoms. The molecule has 124 valence electrons. The first-order valence-corrected chi connectivity index (χ1v) is 9.12. The van der Waals surface area contributed by atoms with E-state index in [2.05, 4.69) is 14.9 Å². The summed E-state index contributed by atoms with van der Waals surface area (Å²) in [4.78, 5) is 3.39. The Morgan fingerprint density at radius 1 is 1.29 bits per heavy atom. The summed E-state index contributed by atoms with van der Waals surface area (Å²) < 4.78 is 26.3. The Balaban J connectivity index is 0.00000200. The first-order chi connectivity index (χ1) is 9.16. The first-order valence-electron chi connectivity index (χ1n) is 6.58. The molecule has 0 unspecified atom stereocenters. The standard InChI is InChI=1S/C12H21N3O2S2.2ClH/c16-19(17,11-3-12-2-1-10-18-12)14-6-9-15-7-4-13-5-8-15;;/h1-2,10,13-14H,3-9,11H2;2*1H. The molecule has 1 saturated heterocycles. The average Bonchev–Trinajstić information content (AvgIpc) is 2.91. The van der Waals surface area contributed by atoms with Crippen LogP contribution in [0.25, 0.3) is 0 Å². The molecule has 2 N–H and O–H groups in total. The molecule has 0 aliphatic carbocycles. The van der Waals surface area contributed by atoms with Gasteiger partial charge in [0.1, 0.15) is 0 Å². The lowest BCUT2D eigenvalue weighted by molar-refractivity contribution is 0.245. The van der Waals surface area contributed by atoms with Crippen molar-refractivity contribution in [3.05, 3.63) is 22.4 Å². The molecule has 0 bridgehead atoms. The zero-order valence-corrected chi connectivity index (χ0v) is 15.1. The van der Waals surface area contributed by atoms with Gasteiger partial charge in [-0.3, -0.25) is 4.90 Å². The van der Waals surface area contributed by atoms with E-state index in [1.807, 2.05) is 17.5 Å². The van der Waals surface area contributed by atoms with E-state index in [-0.39, 0.29) is 30.6 Å². The topological polar surface area (TPSA) is 61.4 Å². The fourth-order valence-electron chi connectivity index (χ4n) is 2.06. The molecule has 0 amide bonds. The van der Waals surface area contributed by atoms with Gasteiger partial charge in [0.05, 0.1) is 5.75 Å². The van der Waals surface area contributed by atoms with Crippen molar-refractivity contribution in [3.8, 4) is 0 Å². The molecular weight excluding hydrogens is 353 g/mol. The summed E-state index contributed by atoms with van der Waals surface area (Å²) in [5.74, 6) is 0.176. The number of nitrogens with zero attached hydrogens (tertiary/aromatic N) is 1. The molecule has 0 spiro atoms. The number of rotatable bonds is 7. The van der Waals surface area contributed by atoms with Crippen LogP contribution < -0.4 is 10.0 Å². The molecule has 21 heavy (non-hydrogen) atoms. The molecule has 0 saturated carbocycles. The summed E-state index contributed by atoms with van der Waals surface area (Å²) in [7, 11) is -3.14. The van der Waals surface area contributed by atoms with Crippen molar-refractivity contribution >= 4 is 46.2 Å². The largest absolute Gasteiger partial charge is 0.314 e. The van der Waals surface area contributed by atoms with Gasteiger partial charge in [-0.05, 0) is 17.9 Å². The van der Waals surface area contributed by atoms with Crippen LogP contribution in [0.15, 0.2) is 17.5 Å². The summed E-state index contributed by atoms with van der Waals surface area (Å²) in [5, 5.41) is 5.25. The highest BCUT2D eigenvalue weighted by atomic mass is 35.5. The summed E-state index contributed by atoms with van der Waals surface area (Å²) in [6.07, 6.45) is 0.598. The fraction of sp³-hybridized carbons (Fsp3) is 0.667.